The highest BCUT2D eigenvalue weighted by molar-refractivity contribution is 7.99. The Labute approximate surface area is 106 Å². The Kier molecular flexibility index (Phi) is 7.50. The lowest BCUT2D eigenvalue weighted by atomic mass is 10.0. The van der Waals surface area contributed by atoms with Crippen molar-refractivity contribution >= 4 is 11.8 Å². The maximum Gasteiger partial charge on any atom is 0.0337 e. The van der Waals surface area contributed by atoms with E-state index in [1.165, 1.54) is 43.7 Å². The van der Waals surface area contributed by atoms with Crippen molar-refractivity contribution < 1.29 is 0 Å². The molecule has 0 aromatic rings. The standard InChI is InChI=1S/C13H28N2S/c1-4-6-7-8-12(14-5-2)13-11-16-10-9-15(13)3/h12-14H,4-11H2,1-3H3. The molecular weight excluding hydrogens is 216 g/mol. The molecule has 1 aliphatic rings. The van der Waals surface area contributed by atoms with Gasteiger partial charge in [-0.05, 0) is 20.0 Å². The minimum atomic E-state index is 0.703. The van der Waals surface area contributed by atoms with Crippen LogP contribution in [0, 0.1) is 0 Å². The molecule has 96 valence electrons. The van der Waals surface area contributed by atoms with Gasteiger partial charge < -0.3 is 10.2 Å². The first-order valence-electron chi connectivity index (χ1n) is 6.81. The first-order valence-corrected chi connectivity index (χ1v) is 7.96. The van der Waals surface area contributed by atoms with Crippen LogP contribution in [0.2, 0.25) is 0 Å². The Morgan fingerprint density at radius 2 is 2.19 bits per heavy atom. The highest BCUT2D eigenvalue weighted by Crippen LogP contribution is 2.20. The second-order valence-electron chi connectivity index (χ2n) is 4.78. The van der Waals surface area contributed by atoms with Gasteiger partial charge in [0.05, 0.1) is 0 Å². The van der Waals surface area contributed by atoms with Gasteiger partial charge in [0.2, 0.25) is 0 Å². The number of hydrogen-bond donors (Lipinski definition) is 1. The molecule has 1 rings (SSSR count). The highest BCUT2D eigenvalue weighted by atomic mass is 32.2. The maximum absolute atomic E-state index is 3.69. The Morgan fingerprint density at radius 3 is 2.81 bits per heavy atom. The molecule has 0 amide bonds. The summed E-state index contributed by atoms with van der Waals surface area (Å²) >= 11 is 2.12. The van der Waals surface area contributed by atoms with Crippen LogP contribution in [-0.4, -0.2) is 48.6 Å². The van der Waals surface area contributed by atoms with Crippen LogP contribution in [0.15, 0.2) is 0 Å². The monoisotopic (exact) mass is 244 g/mol. The van der Waals surface area contributed by atoms with E-state index in [-0.39, 0.29) is 0 Å². The molecule has 1 heterocycles. The number of thioether (sulfide) groups is 1. The molecule has 0 spiro atoms. The van der Waals surface area contributed by atoms with Crippen molar-refractivity contribution in [2.75, 3.05) is 31.6 Å². The van der Waals surface area contributed by atoms with E-state index in [2.05, 4.69) is 42.9 Å². The summed E-state index contributed by atoms with van der Waals surface area (Å²) in [5, 5.41) is 3.69. The second kappa shape index (κ2) is 8.37. The third kappa shape index (κ3) is 4.64. The van der Waals surface area contributed by atoms with Gasteiger partial charge >= 0.3 is 0 Å². The van der Waals surface area contributed by atoms with Gasteiger partial charge in [0.15, 0.2) is 0 Å². The minimum Gasteiger partial charge on any atom is -0.313 e. The molecule has 1 fully saturated rings. The summed E-state index contributed by atoms with van der Waals surface area (Å²) in [6.45, 7) is 6.87. The molecule has 1 aliphatic heterocycles. The molecular formula is C13H28N2S. The van der Waals surface area contributed by atoms with Crippen molar-refractivity contribution in [2.24, 2.45) is 0 Å². The van der Waals surface area contributed by atoms with Crippen molar-refractivity contribution in [3.8, 4) is 0 Å². The second-order valence-corrected chi connectivity index (χ2v) is 5.93. The van der Waals surface area contributed by atoms with Crippen LogP contribution in [0.1, 0.15) is 39.5 Å². The van der Waals surface area contributed by atoms with Crippen LogP contribution in [0.3, 0.4) is 0 Å². The van der Waals surface area contributed by atoms with Crippen LogP contribution in [0.5, 0.6) is 0 Å². The van der Waals surface area contributed by atoms with Gasteiger partial charge in [-0.15, -0.1) is 0 Å². The first kappa shape index (κ1) is 14.3. The van der Waals surface area contributed by atoms with Crippen LogP contribution >= 0.6 is 11.8 Å². The van der Waals surface area contributed by atoms with E-state index in [1.54, 1.807) is 0 Å². The fraction of sp³-hybridized carbons (Fsp3) is 1.00. The smallest absolute Gasteiger partial charge is 0.0337 e. The number of hydrogen-bond acceptors (Lipinski definition) is 3. The van der Waals surface area contributed by atoms with E-state index in [9.17, 15) is 0 Å². The van der Waals surface area contributed by atoms with E-state index in [0.29, 0.717) is 6.04 Å². The number of likely N-dealkylation sites (N-methyl/N-ethyl adjacent to an activating group) is 2. The Balaban J connectivity index is 2.39. The quantitative estimate of drug-likeness (QED) is 0.693. The molecule has 0 aromatic carbocycles. The third-order valence-corrected chi connectivity index (χ3v) is 4.54. The SMILES string of the molecule is CCCCCC(NCC)C1CSCCN1C. The molecule has 0 aromatic heterocycles. The highest BCUT2D eigenvalue weighted by Gasteiger charge is 2.26. The van der Waals surface area contributed by atoms with Gasteiger partial charge in [-0.1, -0.05) is 33.1 Å². The average Bonchev–Trinajstić information content (AvgIpc) is 2.29. The van der Waals surface area contributed by atoms with Crippen LogP contribution in [0.25, 0.3) is 0 Å². The van der Waals surface area contributed by atoms with Gasteiger partial charge in [0, 0.05) is 30.1 Å². The van der Waals surface area contributed by atoms with Crippen LogP contribution < -0.4 is 5.32 Å². The summed E-state index contributed by atoms with van der Waals surface area (Å²) in [4.78, 5) is 2.55. The van der Waals surface area contributed by atoms with Crippen molar-refractivity contribution in [3.63, 3.8) is 0 Å². The van der Waals surface area contributed by atoms with Gasteiger partial charge in [0.1, 0.15) is 0 Å². The van der Waals surface area contributed by atoms with Crippen molar-refractivity contribution in [1.29, 1.82) is 0 Å². The lowest BCUT2D eigenvalue weighted by molar-refractivity contribution is 0.207. The summed E-state index contributed by atoms with van der Waals surface area (Å²) in [6.07, 6.45) is 5.43. The van der Waals surface area contributed by atoms with E-state index >= 15 is 0 Å². The largest absolute Gasteiger partial charge is 0.313 e. The van der Waals surface area contributed by atoms with Gasteiger partial charge in [-0.2, -0.15) is 11.8 Å². The minimum absolute atomic E-state index is 0.703. The molecule has 0 saturated carbocycles. The third-order valence-electron chi connectivity index (χ3n) is 3.49. The number of nitrogens with one attached hydrogen (secondary N) is 1. The van der Waals surface area contributed by atoms with Gasteiger partial charge in [0.25, 0.3) is 0 Å². The predicted octanol–water partition coefficient (Wildman–Crippen LogP) is 2.59. The Bertz CT molecular complexity index is 175. The fourth-order valence-corrected chi connectivity index (χ4v) is 3.75. The van der Waals surface area contributed by atoms with E-state index < -0.39 is 0 Å². The van der Waals surface area contributed by atoms with Crippen LogP contribution in [0.4, 0.5) is 0 Å². The molecule has 2 unspecified atom stereocenters. The lowest BCUT2D eigenvalue weighted by Crippen LogP contribution is -2.52. The van der Waals surface area contributed by atoms with Gasteiger partial charge in [-0.3, -0.25) is 0 Å². The Morgan fingerprint density at radius 1 is 1.38 bits per heavy atom. The summed E-state index contributed by atoms with van der Waals surface area (Å²) in [6, 6.07) is 1.45. The van der Waals surface area contributed by atoms with Crippen molar-refractivity contribution in [1.82, 2.24) is 10.2 Å². The molecule has 3 heteroatoms. The Hall–Kier alpha value is 0.270. The van der Waals surface area contributed by atoms with E-state index in [4.69, 9.17) is 0 Å². The summed E-state index contributed by atoms with van der Waals surface area (Å²) in [5.74, 6) is 2.61. The summed E-state index contributed by atoms with van der Waals surface area (Å²) < 4.78 is 0. The van der Waals surface area contributed by atoms with Crippen molar-refractivity contribution in [2.45, 2.75) is 51.6 Å². The summed E-state index contributed by atoms with van der Waals surface area (Å²) in [5.41, 5.74) is 0. The maximum atomic E-state index is 3.69. The molecule has 2 nitrogen and oxygen atoms in total. The number of nitrogens with zero attached hydrogens (tertiary/aromatic N) is 1. The summed E-state index contributed by atoms with van der Waals surface area (Å²) in [7, 11) is 2.29. The molecule has 1 N–H and O–H groups in total. The average molecular weight is 244 g/mol. The zero-order chi connectivity index (χ0) is 11.8. The molecule has 1 saturated heterocycles. The topological polar surface area (TPSA) is 15.3 Å². The van der Waals surface area contributed by atoms with Crippen LogP contribution in [-0.2, 0) is 0 Å². The first-order chi connectivity index (χ1) is 7.79. The predicted molar refractivity (Wildman–Crippen MR) is 75.3 cm³/mol. The molecule has 2 atom stereocenters. The lowest BCUT2D eigenvalue weighted by Gasteiger charge is -2.38. The molecule has 0 aliphatic carbocycles. The number of unbranched alkanes of at least 4 members (excludes halogenated alkanes) is 2. The molecule has 16 heavy (non-hydrogen) atoms. The molecule has 0 radical (unpaired) electrons. The normalized spacial score (nSPS) is 24.6. The van der Waals surface area contributed by atoms with E-state index in [0.717, 1.165) is 12.6 Å². The number of rotatable bonds is 7. The van der Waals surface area contributed by atoms with Crippen molar-refractivity contribution in [3.05, 3.63) is 0 Å². The van der Waals surface area contributed by atoms with Gasteiger partial charge in [-0.25, -0.2) is 0 Å². The fourth-order valence-electron chi connectivity index (χ4n) is 2.44. The van der Waals surface area contributed by atoms with E-state index in [1.807, 2.05) is 0 Å². The zero-order valence-electron chi connectivity index (χ0n) is 11.2. The zero-order valence-corrected chi connectivity index (χ0v) is 12.0. The molecule has 0 bridgehead atoms.